The number of nitrogens with one attached hydrogen (secondary N) is 1. The molecule has 0 saturated heterocycles. The number of amides is 1. The third-order valence-corrected chi connectivity index (χ3v) is 3.26. The molecule has 0 fully saturated rings. The number of aromatic nitrogens is 1. The summed E-state index contributed by atoms with van der Waals surface area (Å²) in [4.78, 5) is 27.9. The maximum Gasteiger partial charge on any atom is 0.416 e. The Labute approximate surface area is 145 Å². The fourth-order valence-corrected chi connectivity index (χ4v) is 1.97. The molecule has 1 amide bonds. The number of ether oxygens (including phenoxy) is 1. The van der Waals surface area contributed by atoms with Gasteiger partial charge in [-0.3, -0.25) is 9.78 Å². The lowest BCUT2D eigenvalue weighted by atomic mass is 9.95. The van der Waals surface area contributed by atoms with Gasteiger partial charge in [0.2, 0.25) is 0 Å². The molecule has 0 aliphatic rings. The Balaban J connectivity index is 2.68. The van der Waals surface area contributed by atoms with E-state index in [0.29, 0.717) is 0 Å². The Bertz CT molecular complexity index is 635. The van der Waals surface area contributed by atoms with E-state index in [2.05, 4.69) is 10.3 Å². The number of nitrogens with zero attached hydrogens (tertiary/aromatic N) is 1. The lowest BCUT2D eigenvalue weighted by Gasteiger charge is -2.27. The van der Waals surface area contributed by atoms with Crippen molar-refractivity contribution in [3.05, 3.63) is 29.6 Å². The van der Waals surface area contributed by atoms with E-state index in [1.54, 1.807) is 20.8 Å². The smallest absolute Gasteiger partial charge is 0.416 e. The van der Waals surface area contributed by atoms with Crippen LogP contribution in [0.2, 0.25) is 0 Å². The van der Waals surface area contributed by atoms with Crippen molar-refractivity contribution in [1.29, 1.82) is 0 Å². The van der Waals surface area contributed by atoms with Crippen LogP contribution in [-0.4, -0.2) is 28.0 Å². The van der Waals surface area contributed by atoms with E-state index in [1.807, 2.05) is 0 Å². The van der Waals surface area contributed by atoms with E-state index in [4.69, 9.17) is 4.74 Å². The number of alkyl carbamates (subject to hydrolysis) is 1. The highest BCUT2D eigenvalue weighted by molar-refractivity contribution is 5.90. The third kappa shape index (κ3) is 7.11. The zero-order valence-electron chi connectivity index (χ0n) is 15.0. The summed E-state index contributed by atoms with van der Waals surface area (Å²) in [6.45, 7) is 8.11. The average Bonchev–Trinajstić information content (AvgIpc) is 2.41. The lowest BCUT2D eigenvalue weighted by Crippen LogP contribution is -2.51. The van der Waals surface area contributed by atoms with Crippen LogP contribution in [0.4, 0.5) is 18.0 Å². The van der Waals surface area contributed by atoms with Gasteiger partial charge in [-0.25, -0.2) is 4.79 Å². The molecular formula is C17H23F3N2O3. The zero-order valence-corrected chi connectivity index (χ0v) is 15.0. The second-order valence-corrected chi connectivity index (χ2v) is 7.21. The first-order valence-electron chi connectivity index (χ1n) is 7.77. The summed E-state index contributed by atoms with van der Waals surface area (Å²) in [6.07, 6.45) is -4.14. The number of Topliss-reactive ketones (excluding diaryl/α,β-unsaturated/α-hetero) is 1. The van der Waals surface area contributed by atoms with Crippen molar-refractivity contribution in [2.24, 2.45) is 0 Å². The summed E-state index contributed by atoms with van der Waals surface area (Å²) in [7, 11) is 0. The van der Waals surface area contributed by atoms with Gasteiger partial charge in [0.25, 0.3) is 0 Å². The van der Waals surface area contributed by atoms with Crippen LogP contribution in [0.15, 0.2) is 18.3 Å². The topological polar surface area (TPSA) is 68.3 Å². The van der Waals surface area contributed by atoms with E-state index in [9.17, 15) is 22.8 Å². The quantitative estimate of drug-likeness (QED) is 0.865. The molecule has 8 heteroatoms. The summed E-state index contributed by atoms with van der Waals surface area (Å²) in [6, 6.07) is 1.79. The van der Waals surface area contributed by atoms with E-state index in [-0.39, 0.29) is 24.3 Å². The number of hydrogen-bond donors (Lipinski definition) is 1. The Morgan fingerprint density at radius 1 is 1.16 bits per heavy atom. The maximum absolute atomic E-state index is 12.7. The van der Waals surface area contributed by atoms with Crippen molar-refractivity contribution in [3.8, 4) is 0 Å². The number of carbonyl (C=O) groups is 2. The molecule has 0 radical (unpaired) electrons. The third-order valence-electron chi connectivity index (χ3n) is 3.26. The van der Waals surface area contributed by atoms with E-state index >= 15 is 0 Å². The van der Waals surface area contributed by atoms with Crippen LogP contribution >= 0.6 is 0 Å². The van der Waals surface area contributed by atoms with Crippen molar-refractivity contribution in [2.45, 2.75) is 64.8 Å². The number of halogens is 3. The molecule has 25 heavy (non-hydrogen) atoms. The fraction of sp³-hybridized carbons (Fsp3) is 0.588. The minimum absolute atomic E-state index is 0.0438. The molecule has 0 saturated carbocycles. The van der Waals surface area contributed by atoms with Gasteiger partial charge in [-0.15, -0.1) is 0 Å². The van der Waals surface area contributed by atoms with Crippen molar-refractivity contribution >= 4 is 11.9 Å². The Morgan fingerprint density at radius 2 is 1.76 bits per heavy atom. The molecule has 0 atom stereocenters. The SMILES string of the molecule is CC(C)(C)OC(=O)NC(C)(C)C(=O)CCc1cc(C(F)(F)F)ccn1. The first-order chi connectivity index (χ1) is 11.2. The molecule has 1 aromatic heterocycles. The van der Waals surface area contributed by atoms with E-state index in [0.717, 1.165) is 18.3 Å². The van der Waals surface area contributed by atoms with Crippen LogP contribution in [0.1, 0.15) is 52.3 Å². The summed E-state index contributed by atoms with van der Waals surface area (Å²) >= 11 is 0. The minimum Gasteiger partial charge on any atom is -0.444 e. The summed E-state index contributed by atoms with van der Waals surface area (Å²) in [5.74, 6) is -0.336. The van der Waals surface area contributed by atoms with Crippen molar-refractivity contribution in [3.63, 3.8) is 0 Å². The number of pyridine rings is 1. The monoisotopic (exact) mass is 360 g/mol. The van der Waals surface area contributed by atoms with Crippen molar-refractivity contribution in [2.75, 3.05) is 0 Å². The molecular weight excluding hydrogens is 337 g/mol. The van der Waals surface area contributed by atoms with Gasteiger partial charge in [0.05, 0.1) is 11.1 Å². The van der Waals surface area contributed by atoms with Crippen LogP contribution in [0.3, 0.4) is 0 Å². The number of alkyl halides is 3. The molecule has 0 aliphatic carbocycles. The second kappa shape index (κ2) is 7.41. The predicted octanol–water partition coefficient (Wildman–Crippen LogP) is 3.91. The number of hydrogen-bond acceptors (Lipinski definition) is 4. The van der Waals surface area contributed by atoms with E-state index in [1.165, 1.54) is 13.8 Å². The van der Waals surface area contributed by atoms with Gasteiger partial charge in [-0.1, -0.05) is 0 Å². The van der Waals surface area contributed by atoms with Crippen LogP contribution in [0.5, 0.6) is 0 Å². The molecule has 1 rings (SSSR count). The van der Waals surface area contributed by atoms with Gasteiger partial charge in [0, 0.05) is 18.3 Å². The molecule has 0 aliphatic heterocycles. The van der Waals surface area contributed by atoms with Crippen LogP contribution < -0.4 is 5.32 Å². The summed E-state index contributed by atoms with van der Waals surface area (Å²) in [5, 5.41) is 2.47. The normalized spacial score (nSPS) is 12.6. The van der Waals surface area contributed by atoms with Crippen LogP contribution in [0.25, 0.3) is 0 Å². The standard InChI is InChI=1S/C17H23F3N2O3/c1-15(2,3)25-14(24)22-16(4,5)13(23)7-6-12-10-11(8-9-21-12)17(18,19)20/h8-10H,6-7H2,1-5H3,(H,22,24). The predicted molar refractivity (Wildman–Crippen MR) is 86.0 cm³/mol. The van der Waals surface area contributed by atoms with Gasteiger partial charge in [0.15, 0.2) is 5.78 Å². The van der Waals surface area contributed by atoms with Gasteiger partial charge in [0.1, 0.15) is 5.60 Å². The molecule has 0 unspecified atom stereocenters. The number of ketones is 1. The molecule has 1 N–H and O–H groups in total. The van der Waals surface area contributed by atoms with Gasteiger partial charge in [-0.2, -0.15) is 13.2 Å². The van der Waals surface area contributed by atoms with Gasteiger partial charge in [-0.05, 0) is 53.2 Å². The first-order valence-corrected chi connectivity index (χ1v) is 7.77. The lowest BCUT2D eigenvalue weighted by molar-refractivity contribution is -0.137. The Hall–Kier alpha value is -2.12. The highest BCUT2D eigenvalue weighted by Crippen LogP contribution is 2.29. The molecule has 0 aromatic carbocycles. The first kappa shape index (κ1) is 20.9. The minimum atomic E-state index is -4.46. The Morgan fingerprint density at radius 3 is 2.28 bits per heavy atom. The van der Waals surface area contributed by atoms with E-state index < -0.39 is 29.0 Å². The second-order valence-electron chi connectivity index (χ2n) is 7.21. The number of aryl methyl sites for hydroxylation is 1. The van der Waals surface area contributed by atoms with Crippen LogP contribution in [-0.2, 0) is 22.1 Å². The summed E-state index contributed by atoms with van der Waals surface area (Å²) < 4.78 is 43.1. The Kier molecular flexibility index (Phi) is 6.20. The number of carbonyl (C=O) groups excluding carboxylic acids is 2. The summed E-state index contributed by atoms with van der Waals surface area (Å²) in [5.41, 5.74) is -2.55. The zero-order chi connectivity index (χ0) is 19.5. The van der Waals surface area contributed by atoms with Crippen molar-refractivity contribution in [1.82, 2.24) is 10.3 Å². The molecule has 140 valence electrons. The molecule has 5 nitrogen and oxygen atoms in total. The highest BCUT2D eigenvalue weighted by atomic mass is 19.4. The molecule has 0 spiro atoms. The largest absolute Gasteiger partial charge is 0.444 e. The highest BCUT2D eigenvalue weighted by Gasteiger charge is 2.32. The maximum atomic E-state index is 12.7. The molecule has 0 bridgehead atoms. The number of rotatable bonds is 5. The molecule has 1 heterocycles. The van der Waals surface area contributed by atoms with Crippen LogP contribution in [0, 0.1) is 0 Å². The molecule has 1 aromatic rings. The average molecular weight is 360 g/mol. The fourth-order valence-electron chi connectivity index (χ4n) is 1.97. The van der Waals surface area contributed by atoms with Crippen molar-refractivity contribution < 1.29 is 27.5 Å². The van der Waals surface area contributed by atoms with Gasteiger partial charge >= 0.3 is 12.3 Å². The van der Waals surface area contributed by atoms with Gasteiger partial charge < -0.3 is 10.1 Å².